The van der Waals surface area contributed by atoms with Crippen LogP contribution in [-0.2, 0) is 5.60 Å². The van der Waals surface area contributed by atoms with Gasteiger partial charge >= 0.3 is 0 Å². The average Bonchev–Trinajstić information content (AvgIpc) is 3.05. The molecule has 3 nitrogen and oxygen atoms in total. The third-order valence-corrected chi connectivity index (χ3v) is 3.44. The first-order valence-corrected chi connectivity index (χ1v) is 6.11. The van der Waals surface area contributed by atoms with Crippen molar-refractivity contribution >= 4 is 0 Å². The van der Waals surface area contributed by atoms with Crippen molar-refractivity contribution in [2.75, 3.05) is 13.2 Å². The third-order valence-electron chi connectivity index (χ3n) is 3.44. The fourth-order valence-electron chi connectivity index (χ4n) is 2.02. The third kappa shape index (κ3) is 2.00. The molecule has 1 aromatic rings. The normalized spacial score (nSPS) is 23.9. The molecule has 0 unspecified atom stereocenters. The minimum Gasteiger partial charge on any atom is -0.489 e. The van der Waals surface area contributed by atoms with Crippen LogP contribution in [0.25, 0.3) is 0 Å². The van der Waals surface area contributed by atoms with E-state index in [1.54, 1.807) is 0 Å². The van der Waals surface area contributed by atoms with Crippen molar-refractivity contribution in [1.82, 2.24) is 0 Å². The molecule has 1 fully saturated rings. The predicted octanol–water partition coefficient (Wildman–Crippen LogP) is 2.47. The van der Waals surface area contributed by atoms with Gasteiger partial charge in [0.25, 0.3) is 0 Å². The van der Waals surface area contributed by atoms with Crippen LogP contribution in [0.5, 0.6) is 11.5 Å². The molecule has 0 amide bonds. The molecular formula is C14H18O3. The van der Waals surface area contributed by atoms with Gasteiger partial charge in [-0.25, -0.2) is 0 Å². The minimum atomic E-state index is -0.611. The largest absolute Gasteiger partial charge is 0.489 e. The Hall–Kier alpha value is -1.22. The first kappa shape index (κ1) is 10.9. The Morgan fingerprint density at radius 3 is 2.35 bits per heavy atom. The van der Waals surface area contributed by atoms with Crippen molar-refractivity contribution in [3.8, 4) is 11.5 Å². The Balaban J connectivity index is 1.92. The van der Waals surface area contributed by atoms with Crippen LogP contribution in [-0.4, -0.2) is 18.3 Å². The number of fused-ring (bicyclic) bond motifs is 1. The maximum Gasteiger partial charge on any atom is 0.161 e. The molecule has 17 heavy (non-hydrogen) atoms. The van der Waals surface area contributed by atoms with E-state index in [0.717, 1.165) is 29.9 Å². The van der Waals surface area contributed by atoms with Gasteiger partial charge in [-0.3, -0.25) is 0 Å². The van der Waals surface area contributed by atoms with E-state index in [9.17, 15) is 5.11 Å². The van der Waals surface area contributed by atoms with Crippen LogP contribution in [0.15, 0.2) is 18.2 Å². The molecule has 3 heteroatoms. The maximum absolute atomic E-state index is 10.1. The van der Waals surface area contributed by atoms with Gasteiger partial charge in [-0.05, 0) is 30.5 Å². The average molecular weight is 234 g/mol. The summed E-state index contributed by atoms with van der Waals surface area (Å²) in [5.41, 5.74) is 0.357. The number of hydrogen-bond acceptors (Lipinski definition) is 3. The zero-order valence-electron chi connectivity index (χ0n) is 10.3. The number of benzene rings is 1. The van der Waals surface area contributed by atoms with E-state index >= 15 is 0 Å². The molecule has 2 aliphatic rings. The van der Waals surface area contributed by atoms with Crippen molar-refractivity contribution in [3.05, 3.63) is 23.8 Å². The molecule has 1 N–H and O–H groups in total. The van der Waals surface area contributed by atoms with E-state index < -0.39 is 5.60 Å². The molecular weight excluding hydrogens is 216 g/mol. The van der Waals surface area contributed by atoms with Gasteiger partial charge in [0.2, 0.25) is 0 Å². The number of aliphatic hydroxyl groups is 1. The second-order valence-electron chi connectivity index (χ2n) is 5.93. The van der Waals surface area contributed by atoms with Crippen molar-refractivity contribution in [2.24, 2.45) is 5.41 Å². The molecule has 1 saturated carbocycles. The molecule has 1 aromatic carbocycles. The first-order chi connectivity index (χ1) is 7.99. The van der Waals surface area contributed by atoms with Crippen LogP contribution in [0.2, 0.25) is 0 Å². The van der Waals surface area contributed by atoms with Gasteiger partial charge in [0.1, 0.15) is 0 Å². The summed E-state index contributed by atoms with van der Waals surface area (Å²) < 4.78 is 11.5. The summed E-state index contributed by atoms with van der Waals surface area (Å²) in [5.74, 6) is 1.54. The topological polar surface area (TPSA) is 38.7 Å². The van der Waals surface area contributed by atoms with E-state index in [1.807, 2.05) is 18.2 Å². The highest BCUT2D eigenvalue weighted by Crippen LogP contribution is 2.47. The second kappa shape index (κ2) is 3.39. The molecule has 0 saturated heterocycles. The highest BCUT2D eigenvalue weighted by molar-refractivity contribution is 5.46. The lowest BCUT2D eigenvalue weighted by Gasteiger charge is -2.19. The highest BCUT2D eigenvalue weighted by atomic mass is 16.5. The summed E-state index contributed by atoms with van der Waals surface area (Å²) in [7, 11) is 0. The van der Waals surface area contributed by atoms with E-state index in [-0.39, 0.29) is 5.41 Å². The molecule has 0 bridgehead atoms. The van der Waals surface area contributed by atoms with Gasteiger partial charge in [-0.1, -0.05) is 19.9 Å². The van der Waals surface area contributed by atoms with Crippen molar-refractivity contribution in [2.45, 2.75) is 32.3 Å². The smallest absolute Gasteiger partial charge is 0.161 e. The van der Waals surface area contributed by atoms with Gasteiger partial charge in [0.05, 0.1) is 18.8 Å². The first-order valence-electron chi connectivity index (χ1n) is 6.11. The quantitative estimate of drug-likeness (QED) is 0.811. The van der Waals surface area contributed by atoms with Gasteiger partial charge in [0, 0.05) is 5.41 Å². The molecule has 0 atom stereocenters. The molecule has 1 heterocycles. The SMILES string of the molecule is CC1(C)COc2ccc(C3(O)CC3)cc2OC1. The van der Waals surface area contributed by atoms with Gasteiger partial charge in [-0.15, -0.1) is 0 Å². The van der Waals surface area contributed by atoms with Crippen molar-refractivity contribution < 1.29 is 14.6 Å². The van der Waals surface area contributed by atoms with E-state index in [1.165, 1.54) is 0 Å². The fraction of sp³-hybridized carbons (Fsp3) is 0.571. The van der Waals surface area contributed by atoms with Crippen LogP contribution in [0.1, 0.15) is 32.3 Å². The molecule has 0 aromatic heterocycles. The lowest BCUT2D eigenvalue weighted by Crippen LogP contribution is -2.26. The van der Waals surface area contributed by atoms with Gasteiger partial charge in [-0.2, -0.15) is 0 Å². The van der Waals surface area contributed by atoms with E-state index in [2.05, 4.69) is 13.8 Å². The number of hydrogen-bond donors (Lipinski definition) is 1. The molecule has 92 valence electrons. The Bertz CT molecular complexity index is 447. The van der Waals surface area contributed by atoms with Crippen molar-refractivity contribution in [3.63, 3.8) is 0 Å². The minimum absolute atomic E-state index is 0.0235. The van der Waals surface area contributed by atoms with Crippen LogP contribution >= 0.6 is 0 Å². The molecule has 1 aliphatic carbocycles. The van der Waals surface area contributed by atoms with Gasteiger partial charge in [0.15, 0.2) is 11.5 Å². The van der Waals surface area contributed by atoms with Crippen LogP contribution in [0, 0.1) is 5.41 Å². The second-order valence-corrected chi connectivity index (χ2v) is 5.93. The zero-order valence-corrected chi connectivity index (χ0v) is 10.3. The lowest BCUT2D eigenvalue weighted by atomic mass is 9.97. The number of ether oxygens (including phenoxy) is 2. The predicted molar refractivity (Wildman–Crippen MR) is 64.3 cm³/mol. The monoisotopic (exact) mass is 234 g/mol. The number of rotatable bonds is 1. The molecule has 1 aliphatic heterocycles. The van der Waals surface area contributed by atoms with Gasteiger partial charge < -0.3 is 14.6 Å². The van der Waals surface area contributed by atoms with Crippen LogP contribution in [0.4, 0.5) is 0 Å². The highest BCUT2D eigenvalue weighted by Gasteiger charge is 2.42. The lowest BCUT2D eigenvalue weighted by molar-refractivity contribution is 0.139. The zero-order chi connectivity index (χ0) is 12.1. The maximum atomic E-state index is 10.1. The van der Waals surface area contributed by atoms with Crippen molar-refractivity contribution in [1.29, 1.82) is 0 Å². The summed E-state index contributed by atoms with van der Waals surface area (Å²) in [6, 6.07) is 5.76. The Kier molecular flexibility index (Phi) is 2.17. The molecule has 3 rings (SSSR count). The molecule has 0 spiro atoms. The standard InChI is InChI=1S/C14H18O3/c1-13(2)8-16-11-4-3-10(14(15)5-6-14)7-12(11)17-9-13/h3-4,7,15H,5-6,8-9H2,1-2H3. The Morgan fingerprint density at radius 1 is 1.06 bits per heavy atom. The summed E-state index contributed by atoms with van der Waals surface area (Å²) >= 11 is 0. The summed E-state index contributed by atoms with van der Waals surface area (Å²) in [4.78, 5) is 0. The Morgan fingerprint density at radius 2 is 1.71 bits per heavy atom. The summed E-state index contributed by atoms with van der Waals surface area (Å²) in [5, 5.41) is 10.1. The summed E-state index contributed by atoms with van der Waals surface area (Å²) in [6.07, 6.45) is 1.69. The summed E-state index contributed by atoms with van der Waals surface area (Å²) in [6.45, 7) is 5.54. The Labute approximate surface area is 101 Å². The van der Waals surface area contributed by atoms with E-state index in [0.29, 0.717) is 13.2 Å². The van der Waals surface area contributed by atoms with Crippen LogP contribution in [0.3, 0.4) is 0 Å². The van der Waals surface area contributed by atoms with E-state index in [4.69, 9.17) is 9.47 Å². The van der Waals surface area contributed by atoms with Crippen LogP contribution < -0.4 is 9.47 Å². The fourth-order valence-corrected chi connectivity index (χ4v) is 2.02. The molecule has 0 radical (unpaired) electrons.